The van der Waals surface area contributed by atoms with Crippen molar-refractivity contribution in [2.45, 2.75) is 11.8 Å². The average Bonchev–Trinajstić information content (AvgIpc) is 2.15. The lowest BCUT2D eigenvalue weighted by atomic mass is 10.1. The second-order valence-corrected chi connectivity index (χ2v) is 4.13. The first-order chi connectivity index (χ1) is 6.27. The van der Waals surface area contributed by atoms with Crippen LogP contribution in [0.5, 0.6) is 0 Å². The zero-order valence-electron chi connectivity index (χ0n) is 7.03. The van der Waals surface area contributed by atoms with Crippen molar-refractivity contribution in [1.29, 1.82) is 0 Å². The van der Waals surface area contributed by atoms with Gasteiger partial charge in [0.15, 0.2) is 6.29 Å². The smallest absolute Gasteiger partial charge is 0.231 e. The first-order valence-corrected chi connectivity index (χ1v) is 5.07. The first-order valence-electron chi connectivity index (χ1n) is 4.02. The Bertz CT molecular complexity index is 322. The lowest BCUT2D eigenvalue weighted by Gasteiger charge is -2.43. The second kappa shape index (κ2) is 3.03. The largest absolute Gasteiger partial charge is 0.296 e. The molecular weight excluding hydrogens is 186 g/mol. The summed E-state index contributed by atoms with van der Waals surface area (Å²) in [5.74, 6) is 0.824. The molecule has 0 radical (unpaired) electrons. The summed E-state index contributed by atoms with van der Waals surface area (Å²) in [4.78, 5) is 23.5. The Morgan fingerprint density at radius 3 is 2.92 bits per heavy atom. The highest BCUT2D eigenvalue weighted by Crippen LogP contribution is 2.39. The van der Waals surface area contributed by atoms with E-state index >= 15 is 0 Å². The molecule has 0 aromatic heterocycles. The van der Waals surface area contributed by atoms with Crippen LogP contribution in [0.3, 0.4) is 0 Å². The van der Waals surface area contributed by atoms with Crippen molar-refractivity contribution >= 4 is 24.0 Å². The van der Waals surface area contributed by atoms with Crippen molar-refractivity contribution in [1.82, 2.24) is 4.90 Å². The van der Waals surface area contributed by atoms with E-state index in [9.17, 15) is 9.59 Å². The number of allylic oxidation sites excluding steroid dienone is 2. The lowest BCUT2D eigenvalue weighted by molar-refractivity contribution is -0.139. The summed E-state index contributed by atoms with van der Waals surface area (Å²) in [6.45, 7) is 3.62. The van der Waals surface area contributed by atoms with Gasteiger partial charge in [0.2, 0.25) is 5.91 Å². The third-order valence-electron chi connectivity index (χ3n) is 2.28. The molecule has 0 unspecified atom stereocenters. The molecule has 68 valence electrons. The van der Waals surface area contributed by atoms with E-state index in [0.717, 1.165) is 17.6 Å². The molecule has 1 amide bonds. The highest BCUT2D eigenvalue weighted by atomic mass is 32.2. The molecule has 0 bridgehead atoms. The Balaban J connectivity index is 2.38. The number of β-lactam (4-membered cyclic amide) rings is 1. The Morgan fingerprint density at radius 2 is 2.38 bits per heavy atom. The third-order valence-corrected chi connectivity index (χ3v) is 3.52. The van der Waals surface area contributed by atoms with E-state index in [1.165, 1.54) is 0 Å². The fourth-order valence-electron chi connectivity index (χ4n) is 1.52. The first kappa shape index (κ1) is 8.56. The summed E-state index contributed by atoms with van der Waals surface area (Å²) in [6.07, 6.45) is 2.96. The van der Waals surface area contributed by atoms with Gasteiger partial charge in [0.1, 0.15) is 0 Å². The summed E-state index contributed by atoms with van der Waals surface area (Å²) in [5.41, 5.74) is 1.37. The fourth-order valence-corrected chi connectivity index (χ4v) is 2.80. The molecule has 3 nitrogen and oxygen atoms in total. The Kier molecular flexibility index (Phi) is 2.00. The zero-order chi connectivity index (χ0) is 9.42. The highest BCUT2D eigenvalue weighted by Gasteiger charge is 2.42. The van der Waals surface area contributed by atoms with Gasteiger partial charge in [-0.15, -0.1) is 11.8 Å². The van der Waals surface area contributed by atoms with E-state index in [0.29, 0.717) is 12.1 Å². The average molecular weight is 195 g/mol. The Labute approximate surface area is 80.5 Å². The lowest BCUT2D eigenvalue weighted by Crippen LogP contribution is -2.52. The molecule has 1 fully saturated rings. The maximum absolute atomic E-state index is 11.2. The van der Waals surface area contributed by atoms with Crippen LogP contribution < -0.4 is 0 Å². The van der Waals surface area contributed by atoms with Crippen molar-refractivity contribution in [2.75, 3.05) is 5.75 Å². The standard InChI is InChI=1S/C9H9NO2S/c1-2-6-5-13-9-3-8(12)10(9)7(6)4-11/h2,4,9H,1,3,5H2/t9-/m1/s1. The number of carbonyl (C=O) groups is 2. The number of hydrogen-bond donors (Lipinski definition) is 0. The van der Waals surface area contributed by atoms with E-state index in [-0.39, 0.29) is 11.3 Å². The molecule has 2 aliphatic rings. The molecule has 4 heteroatoms. The number of thioether (sulfide) groups is 1. The van der Waals surface area contributed by atoms with Crippen LogP contribution >= 0.6 is 11.8 Å². The van der Waals surface area contributed by atoms with Gasteiger partial charge in [-0.2, -0.15) is 0 Å². The van der Waals surface area contributed by atoms with E-state index in [1.807, 2.05) is 0 Å². The van der Waals surface area contributed by atoms with Crippen molar-refractivity contribution in [3.8, 4) is 0 Å². The summed E-state index contributed by atoms with van der Waals surface area (Å²) in [5, 5.41) is 0.191. The quantitative estimate of drug-likeness (QED) is 0.486. The van der Waals surface area contributed by atoms with E-state index in [2.05, 4.69) is 6.58 Å². The number of amides is 1. The molecule has 2 rings (SSSR count). The maximum Gasteiger partial charge on any atom is 0.231 e. The van der Waals surface area contributed by atoms with Gasteiger partial charge in [0.05, 0.1) is 17.5 Å². The normalized spacial score (nSPS) is 26.6. The van der Waals surface area contributed by atoms with E-state index in [1.54, 1.807) is 22.7 Å². The van der Waals surface area contributed by atoms with Crippen LogP contribution in [-0.2, 0) is 9.59 Å². The van der Waals surface area contributed by atoms with Crippen LogP contribution in [0.2, 0.25) is 0 Å². The summed E-state index contributed by atoms with van der Waals surface area (Å²) in [7, 11) is 0. The number of fused-ring (bicyclic) bond motifs is 1. The molecule has 0 aromatic carbocycles. The molecule has 0 N–H and O–H groups in total. The van der Waals surface area contributed by atoms with Crippen LogP contribution in [0.15, 0.2) is 23.9 Å². The molecule has 0 aliphatic carbocycles. The van der Waals surface area contributed by atoms with Gasteiger partial charge in [0.25, 0.3) is 0 Å². The van der Waals surface area contributed by atoms with Crippen molar-refractivity contribution in [3.05, 3.63) is 23.9 Å². The molecule has 0 aromatic rings. The van der Waals surface area contributed by atoms with Gasteiger partial charge in [-0.25, -0.2) is 0 Å². The SMILES string of the molecule is C=CC1=C(C=O)N2C(=O)C[C@H]2SC1. The van der Waals surface area contributed by atoms with Crippen LogP contribution in [0, 0.1) is 0 Å². The van der Waals surface area contributed by atoms with Gasteiger partial charge in [-0.1, -0.05) is 12.7 Å². The Morgan fingerprint density at radius 1 is 1.62 bits per heavy atom. The fraction of sp³-hybridized carbons (Fsp3) is 0.333. The van der Waals surface area contributed by atoms with Gasteiger partial charge in [0, 0.05) is 5.75 Å². The van der Waals surface area contributed by atoms with E-state index in [4.69, 9.17) is 0 Å². The predicted molar refractivity (Wildman–Crippen MR) is 51.0 cm³/mol. The predicted octanol–water partition coefficient (Wildman–Crippen LogP) is 0.931. The van der Waals surface area contributed by atoms with Crippen LogP contribution in [0.25, 0.3) is 0 Å². The van der Waals surface area contributed by atoms with Crippen molar-refractivity contribution < 1.29 is 9.59 Å². The molecule has 2 heterocycles. The minimum atomic E-state index is 0.0404. The van der Waals surface area contributed by atoms with Gasteiger partial charge < -0.3 is 0 Å². The summed E-state index contributed by atoms with van der Waals surface area (Å²) in [6, 6.07) is 0. The Hall–Kier alpha value is -1.03. The molecular formula is C9H9NO2S. The maximum atomic E-state index is 11.2. The summed E-state index contributed by atoms with van der Waals surface area (Å²) >= 11 is 1.69. The van der Waals surface area contributed by atoms with Gasteiger partial charge in [-0.3, -0.25) is 14.5 Å². The number of aldehydes is 1. The molecule has 2 aliphatic heterocycles. The summed E-state index contributed by atoms with van der Waals surface area (Å²) < 4.78 is 0. The molecule has 1 atom stereocenters. The topological polar surface area (TPSA) is 37.4 Å². The number of rotatable bonds is 2. The molecule has 0 spiro atoms. The number of carbonyl (C=O) groups excluding carboxylic acids is 2. The highest BCUT2D eigenvalue weighted by molar-refractivity contribution is 8.00. The second-order valence-electron chi connectivity index (χ2n) is 2.97. The minimum absolute atomic E-state index is 0.0404. The van der Waals surface area contributed by atoms with Crippen LogP contribution in [-0.4, -0.2) is 28.2 Å². The van der Waals surface area contributed by atoms with Crippen molar-refractivity contribution in [2.24, 2.45) is 0 Å². The van der Waals surface area contributed by atoms with Gasteiger partial charge >= 0.3 is 0 Å². The number of hydrogen-bond acceptors (Lipinski definition) is 3. The van der Waals surface area contributed by atoms with Gasteiger partial charge in [-0.05, 0) is 5.57 Å². The molecule has 0 saturated carbocycles. The molecule has 13 heavy (non-hydrogen) atoms. The van der Waals surface area contributed by atoms with E-state index < -0.39 is 0 Å². The van der Waals surface area contributed by atoms with Crippen LogP contribution in [0.4, 0.5) is 0 Å². The zero-order valence-corrected chi connectivity index (χ0v) is 7.84. The van der Waals surface area contributed by atoms with Crippen LogP contribution in [0.1, 0.15) is 6.42 Å². The minimum Gasteiger partial charge on any atom is -0.296 e. The monoisotopic (exact) mass is 195 g/mol. The number of nitrogens with zero attached hydrogens (tertiary/aromatic N) is 1. The third kappa shape index (κ3) is 1.13. The molecule has 1 saturated heterocycles. The van der Waals surface area contributed by atoms with Crippen molar-refractivity contribution in [3.63, 3.8) is 0 Å².